The molecule has 0 saturated heterocycles. The maximum absolute atomic E-state index is 11.3. The molecule has 0 atom stereocenters. The lowest BCUT2D eigenvalue weighted by atomic mass is 10.2. The van der Waals surface area contributed by atoms with Crippen LogP contribution in [0.25, 0.3) is 0 Å². The average Bonchev–Trinajstić information content (AvgIpc) is 3.19. The van der Waals surface area contributed by atoms with Crippen LogP contribution in [0, 0.1) is 0 Å². The summed E-state index contributed by atoms with van der Waals surface area (Å²) in [7, 11) is 0. The van der Waals surface area contributed by atoms with Gasteiger partial charge in [-0.2, -0.15) is 0 Å². The predicted molar refractivity (Wildman–Crippen MR) is 70.9 cm³/mol. The van der Waals surface area contributed by atoms with Gasteiger partial charge in [0, 0.05) is 6.04 Å². The van der Waals surface area contributed by atoms with Crippen LogP contribution in [0.4, 0.5) is 4.79 Å². The summed E-state index contributed by atoms with van der Waals surface area (Å²) < 4.78 is 5.58. The van der Waals surface area contributed by atoms with Crippen molar-refractivity contribution in [3.05, 3.63) is 29.8 Å². The highest BCUT2D eigenvalue weighted by Crippen LogP contribution is 2.18. The average molecular weight is 248 g/mol. The van der Waals surface area contributed by atoms with Crippen LogP contribution in [0.15, 0.2) is 24.3 Å². The lowest BCUT2D eigenvalue weighted by Crippen LogP contribution is -2.38. The van der Waals surface area contributed by atoms with E-state index in [1.54, 1.807) is 0 Å². The molecule has 0 bridgehead atoms. The maximum atomic E-state index is 11.3. The van der Waals surface area contributed by atoms with Gasteiger partial charge in [0.05, 0.1) is 6.54 Å². The standard InChI is InChI=1S/C14H20N2O2/c1-2-11-4-3-5-13(10-11)18-9-8-15-14(17)16-12-6-7-12/h3-5,10,12H,2,6-9H2,1H3,(H2,15,16,17). The van der Waals surface area contributed by atoms with Gasteiger partial charge in [0.25, 0.3) is 0 Å². The van der Waals surface area contributed by atoms with E-state index >= 15 is 0 Å². The van der Waals surface area contributed by atoms with Crippen LogP contribution in [0.1, 0.15) is 25.3 Å². The van der Waals surface area contributed by atoms with Gasteiger partial charge in [0.15, 0.2) is 0 Å². The molecule has 98 valence electrons. The first-order valence-electron chi connectivity index (χ1n) is 6.54. The van der Waals surface area contributed by atoms with Crippen LogP contribution < -0.4 is 15.4 Å². The molecule has 2 N–H and O–H groups in total. The number of amides is 2. The largest absolute Gasteiger partial charge is 0.492 e. The third-order valence-corrected chi connectivity index (χ3v) is 2.88. The molecule has 1 saturated carbocycles. The fourth-order valence-electron chi connectivity index (χ4n) is 1.65. The van der Waals surface area contributed by atoms with E-state index in [1.807, 2.05) is 18.2 Å². The van der Waals surface area contributed by atoms with Crippen molar-refractivity contribution in [3.8, 4) is 5.75 Å². The zero-order chi connectivity index (χ0) is 12.8. The van der Waals surface area contributed by atoms with E-state index in [0.29, 0.717) is 19.2 Å². The van der Waals surface area contributed by atoms with E-state index in [1.165, 1.54) is 5.56 Å². The fraction of sp³-hybridized carbons (Fsp3) is 0.500. The van der Waals surface area contributed by atoms with Crippen LogP contribution in [0.3, 0.4) is 0 Å². The monoisotopic (exact) mass is 248 g/mol. The lowest BCUT2D eigenvalue weighted by molar-refractivity contribution is 0.236. The van der Waals surface area contributed by atoms with Crippen molar-refractivity contribution < 1.29 is 9.53 Å². The summed E-state index contributed by atoms with van der Waals surface area (Å²) in [5, 5.41) is 5.64. The third-order valence-electron chi connectivity index (χ3n) is 2.88. The van der Waals surface area contributed by atoms with E-state index < -0.39 is 0 Å². The van der Waals surface area contributed by atoms with Gasteiger partial charge in [0.2, 0.25) is 0 Å². The molecule has 2 rings (SSSR count). The van der Waals surface area contributed by atoms with Gasteiger partial charge < -0.3 is 15.4 Å². The number of nitrogens with one attached hydrogen (secondary N) is 2. The van der Waals surface area contributed by atoms with Crippen LogP contribution >= 0.6 is 0 Å². The molecule has 0 unspecified atom stereocenters. The highest BCUT2D eigenvalue weighted by Gasteiger charge is 2.22. The molecule has 2 amide bonds. The Morgan fingerprint density at radius 1 is 1.44 bits per heavy atom. The number of ether oxygens (including phenoxy) is 1. The Kier molecular flexibility index (Phi) is 4.45. The number of benzene rings is 1. The minimum Gasteiger partial charge on any atom is -0.492 e. The number of rotatable bonds is 6. The number of hydrogen-bond donors (Lipinski definition) is 2. The first-order chi connectivity index (χ1) is 8.78. The Labute approximate surface area is 108 Å². The predicted octanol–water partition coefficient (Wildman–Crippen LogP) is 2.09. The van der Waals surface area contributed by atoms with Gasteiger partial charge in [-0.25, -0.2) is 4.79 Å². The molecular weight excluding hydrogens is 228 g/mol. The Morgan fingerprint density at radius 2 is 2.28 bits per heavy atom. The highest BCUT2D eigenvalue weighted by atomic mass is 16.5. The SMILES string of the molecule is CCc1cccc(OCCNC(=O)NC2CC2)c1. The summed E-state index contributed by atoms with van der Waals surface area (Å²) in [6.45, 7) is 3.13. The van der Waals surface area contributed by atoms with E-state index in [0.717, 1.165) is 25.0 Å². The van der Waals surface area contributed by atoms with Crippen LogP contribution in [-0.2, 0) is 6.42 Å². The van der Waals surface area contributed by atoms with Gasteiger partial charge in [0.1, 0.15) is 12.4 Å². The molecule has 0 aliphatic heterocycles. The minimum absolute atomic E-state index is 0.0941. The van der Waals surface area contributed by atoms with E-state index in [4.69, 9.17) is 4.74 Å². The van der Waals surface area contributed by atoms with Gasteiger partial charge in [-0.1, -0.05) is 19.1 Å². The highest BCUT2D eigenvalue weighted by molar-refractivity contribution is 5.74. The molecule has 0 radical (unpaired) electrons. The van der Waals surface area contributed by atoms with Crippen molar-refractivity contribution in [2.24, 2.45) is 0 Å². The molecule has 1 aromatic carbocycles. The lowest BCUT2D eigenvalue weighted by Gasteiger charge is -2.09. The van der Waals surface area contributed by atoms with Crippen LogP contribution in [-0.4, -0.2) is 25.2 Å². The molecule has 4 nitrogen and oxygen atoms in total. The zero-order valence-corrected chi connectivity index (χ0v) is 10.7. The molecule has 0 aromatic heterocycles. The summed E-state index contributed by atoms with van der Waals surface area (Å²) in [5.74, 6) is 0.860. The Balaban J connectivity index is 1.63. The van der Waals surface area contributed by atoms with Crippen molar-refractivity contribution in [3.63, 3.8) is 0 Å². The third kappa shape index (κ3) is 4.28. The van der Waals surface area contributed by atoms with Crippen LogP contribution in [0.5, 0.6) is 5.75 Å². The fourth-order valence-corrected chi connectivity index (χ4v) is 1.65. The number of aryl methyl sites for hydroxylation is 1. The van der Waals surface area contributed by atoms with E-state index in [2.05, 4.69) is 23.6 Å². The summed E-state index contributed by atoms with van der Waals surface area (Å²) in [6.07, 6.45) is 3.21. The van der Waals surface area contributed by atoms with Crippen molar-refractivity contribution in [1.29, 1.82) is 0 Å². The number of urea groups is 1. The first kappa shape index (κ1) is 12.7. The van der Waals surface area contributed by atoms with Crippen LogP contribution in [0.2, 0.25) is 0 Å². The Hall–Kier alpha value is -1.71. The molecule has 1 aliphatic rings. The van der Waals surface area contributed by atoms with Crippen molar-refractivity contribution in [1.82, 2.24) is 10.6 Å². The molecule has 0 heterocycles. The topological polar surface area (TPSA) is 50.4 Å². The number of carbonyl (C=O) groups excluding carboxylic acids is 1. The second-order valence-corrected chi connectivity index (χ2v) is 4.52. The molecule has 4 heteroatoms. The summed E-state index contributed by atoms with van der Waals surface area (Å²) in [6, 6.07) is 8.33. The summed E-state index contributed by atoms with van der Waals surface area (Å²) in [5.41, 5.74) is 1.26. The molecule has 1 fully saturated rings. The van der Waals surface area contributed by atoms with Gasteiger partial charge >= 0.3 is 6.03 Å². The number of hydrogen-bond acceptors (Lipinski definition) is 2. The Morgan fingerprint density at radius 3 is 3.00 bits per heavy atom. The number of carbonyl (C=O) groups is 1. The summed E-state index contributed by atoms with van der Waals surface area (Å²) >= 11 is 0. The minimum atomic E-state index is -0.0941. The normalized spacial score (nSPS) is 14.1. The zero-order valence-electron chi connectivity index (χ0n) is 10.7. The first-order valence-corrected chi connectivity index (χ1v) is 6.54. The molecule has 0 spiro atoms. The van der Waals surface area contributed by atoms with Crippen molar-refractivity contribution >= 4 is 6.03 Å². The molecule has 1 aromatic rings. The van der Waals surface area contributed by atoms with E-state index in [-0.39, 0.29) is 6.03 Å². The van der Waals surface area contributed by atoms with Crippen molar-refractivity contribution in [2.75, 3.05) is 13.2 Å². The Bertz CT molecular complexity index is 403. The molecule has 18 heavy (non-hydrogen) atoms. The maximum Gasteiger partial charge on any atom is 0.315 e. The molecular formula is C14H20N2O2. The van der Waals surface area contributed by atoms with Gasteiger partial charge in [-0.3, -0.25) is 0 Å². The second kappa shape index (κ2) is 6.28. The molecule has 1 aliphatic carbocycles. The summed E-state index contributed by atoms with van der Waals surface area (Å²) in [4.78, 5) is 11.3. The van der Waals surface area contributed by atoms with Crippen molar-refractivity contribution in [2.45, 2.75) is 32.2 Å². The quantitative estimate of drug-likeness (QED) is 0.757. The second-order valence-electron chi connectivity index (χ2n) is 4.52. The van der Waals surface area contributed by atoms with Gasteiger partial charge in [-0.15, -0.1) is 0 Å². The smallest absolute Gasteiger partial charge is 0.315 e. The van der Waals surface area contributed by atoms with Gasteiger partial charge in [-0.05, 0) is 37.0 Å². The van der Waals surface area contributed by atoms with E-state index in [9.17, 15) is 4.79 Å².